The molecule has 2 aromatic carbocycles. The second-order valence-electron chi connectivity index (χ2n) is 5.27. The Morgan fingerprint density at radius 2 is 1.82 bits per heavy atom. The molecule has 0 atom stereocenters. The SMILES string of the molecule is CC(C)c1ccccc1NCC(=O)Nc1cc(Cl)ccc1Cl. The lowest BCUT2D eigenvalue weighted by Gasteiger charge is -2.14. The average Bonchev–Trinajstić information content (AvgIpc) is 2.49. The average molecular weight is 337 g/mol. The van der Waals surface area contributed by atoms with E-state index in [2.05, 4.69) is 30.5 Å². The Balaban J connectivity index is 2.00. The van der Waals surface area contributed by atoms with Crippen molar-refractivity contribution >= 4 is 40.5 Å². The van der Waals surface area contributed by atoms with Crippen molar-refractivity contribution in [1.29, 1.82) is 0 Å². The summed E-state index contributed by atoms with van der Waals surface area (Å²) in [6, 6.07) is 12.9. The van der Waals surface area contributed by atoms with Crippen molar-refractivity contribution in [2.24, 2.45) is 0 Å². The maximum absolute atomic E-state index is 12.1. The second-order valence-corrected chi connectivity index (χ2v) is 6.11. The molecule has 22 heavy (non-hydrogen) atoms. The first kappa shape index (κ1) is 16.7. The van der Waals surface area contributed by atoms with Gasteiger partial charge in [-0.3, -0.25) is 4.79 Å². The summed E-state index contributed by atoms with van der Waals surface area (Å²) in [5, 5.41) is 6.90. The van der Waals surface area contributed by atoms with Crippen LogP contribution in [0.2, 0.25) is 10.0 Å². The van der Waals surface area contributed by atoms with Crippen LogP contribution in [0.3, 0.4) is 0 Å². The zero-order valence-corrected chi connectivity index (χ0v) is 14.0. The van der Waals surface area contributed by atoms with Gasteiger partial charge in [0.2, 0.25) is 5.91 Å². The predicted molar refractivity (Wildman–Crippen MR) is 94.1 cm³/mol. The van der Waals surface area contributed by atoms with E-state index in [4.69, 9.17) is 23.2 Å². The van der Waals surface area contributed by atoms with Crippen LogP contribution in [-0.4, -0.2) is 12.5 Å². The molecule has 116 valence electrons. The van der Waals surface area contributed by atoms with Crippen molar-refractivity contribution in [3.8, 4) is 0 Å². The van der Waals surface area contributed by atoms with Crippen molar-refractivity contribution in [3.63, 3.8) is 0 Å². The van der Waals surface area contributed by atoms with Gasteiger partial charge in [-0.25, -0.2) is 0 Å². The first-order valence-corrected chi connectivity index (χ1v) is 7.80. The second kappa shape index (κ2) is 7.52. The Hall–Kier alpha value is -1.71. The van der Waals surface area contributed by atoms with Gasteiger partial charge in [0.05, 0.1) is 17.3 Å². The highest BCUT2D eigenvalue weighted by Gasteiger charge is 2.09. The fourth-order valence-electron chi connectivity index (χ4n) is 2.12. The lowest BCUT2D eigenvalue weighted by molar-refractivity contribution is -0.114. The fourth-order valence-corrected chi connectivity index (χ4v) is 2.46. The maximum Gasteiger partial charge on any atom is 0.243 e. The lowest BCUT2D eigenvalue weighted by Crippen LogP contribution is -2.22. The van der Waals surface area contributed by atoms with E-state index in [1.165, 1.54) is 5.56 Å². The van der Waals surface area contributed by atoms with Crippen LogP contribution in [0.4, 0.5) is 11.4 Å². The van der Waals surface area contributed by atoms with E-state index in [0.29, 0.717) is 21.7 Å². The highest BCUT2D eigenvalue weighted by atomic mass is 35.5. The Labute approximate surface area is 140 Å². The van der Waals surface area contributed by atoms with Gasteiger partial charge in [0.1, 0.15) is 0 Å². The van der Waals surface area contributed by atoms with Gasteiger partial charge < -0.3 is 10.6 Å². The first-order valence-electron chi connectivity index (χ1n) is 7.05. The molecule has 5 heteroatoms. The summed E-state index contributed by atoms with van der Waals surface area (Å²) >= 11 is 11.9. The molecule has 0 aliphatic heterocycles. The third-order valence-electron chi connectivity index (χ3n) is 3.22. The van der Waals surface area contributed by atoms with Crippen molar-refractivity contribution in [2.75, 3.05) is 17.2 Å². The predicted octanol–water partition coefficient (Wildman–Crippen LogP) is 5.17. The Bertz CT molecular complexity index is 671. The molecule has 0 aromatic heterocycles. The zero-order chi connectivity index (χ0) is 16.1. The van der Waals surface area contributed by atoms with E-state index < -0.39 is 0 Å². The van der Waals surface area contributed by atoms with Crippen LogP contribution in [-0.2, 0) is 4.79 Å². The normalized spacial score (nSPS) is 10.6. The molecule has 0 aliphatic rings. The minimum absolute atomic E-state index is 0.159. The molecule has 0 fully saturated rings. The Morgan fingerprint density at radius 1 is 1.09 bits per heavy atom. The lowest BCUT2D eigenvalue weighted by atomic mass is 10.0. The molecule has 1 amide bonds. The topological polar surface area (TPSA) is 41.1 Å². The van der Waals surface area contributed by atoms with E-state index in [1.54, 1.807) is 18.2 Å². The molecule has 0 bridgehead atoms. The summed E-state index contributed by atoms with van der Waals surface area (Å²) < 4.78 is 0. The molecule has 0 radical (unpaired) electrons. The highest BCUT2D eigenvalue weighted by molar-refractivity contribution is 6.35. The number of carbonyl (C=O) groups excluding carboxylic acids is 1. The summed E-state index contributed by atoms with van der Waals surface area (Å²) in [6.45, 7) is 4.39. The number of nitrogens with one attached hydrogen (secondary N) is 2. The van der Waals surface area contributed by atoms with Gasteiger partial charge in [-0.1, -0.05) is 55.2 Å². The highest BCUT2D eigenvalue weighted by Crippen LogP contribution is 2.26. The third-order valence-corrected chi connectivity index (χ3v) is 3.79. The van der Waals surface area contributed by atoms with Crippen LogP contribution >= 0.6 is 23.2 Å². The number of anilines is 2. The van der Waals surface area contributed by atoms with E-state index in [1.807, 2.05) is 18.2 Å². The first-order chi connectivity index (χ1) is 10.5. The minimum Gasteiger partial charge on any atom is -0.376 e. The number of amides is 1. The van der Waals surface area contributed by atoms with Crippen LogP contribution in [0.5, 0.6) is 0 Å². The Morgan fingerprint density at radius 3 is 2.55 bits per heavy atom. The van der Waals surface area contributed by atoms with Crippen LogP contribution < -0.4 is 10.6 Å². The van der Waals surface area contributed by atoms with E-state index >= 15 is 0 Å². The molecule has 0 aliphatic carbocycles. The summed E-state index contributed by atoms with van der Waals surface area (Å²) in [5.41, 5.74) is 2.65. The minimum atomic E-state index is -0.178. The fraction of sp³-hybridized carbons (Fsp3) is 0.235. The largest absolute Gasteiger partial charge is 0.376 e. The monoisotopic (exact) mass is 336 g/mol. The molecule has 0 spiro atoms. The van der Waals surface area contributed by atoms with Crippen LogP contribution in [0, 0.1) is 0 Å². The summed E-state index contributed by atoms with van der Waals surface area (Å²) in [6.07, 6.45) is 0. The van der Waals surface area contributed by atoms with Gasteiger partial charge in [-0.2, -0.15) is 0 Å². The van der Waals surface area contributed by atoms with Crippen LogP contribution in [0.25, 0.3) is 0 Å². The van der Waals surface area contributed by atoms with E-state index in [9.17, 15) is 4.79 Å². The standard InChI is InChI=1S/C17H18Cl2N2O/c1-11(2)13-5-3-4-6-15(13)20-10-17(22)21-16-9-12(18)7-8-14(16)19/h3-9,11,20H,10H2,1-2H3,(H,21,22). The van der Waals surface area contributed by atoms with Gasteiger partial charge in [0, 0.05) is 10.7 Å². The van der Waals surface area contributed by atoms with Crippen molar-refractivity contribution in [3.05, 3.63) is 58.1 Å². The molecular formula is C17H18Cl2N2O. The van der Waals surface area contributed by atoms with Crippen LogP contribution in [0.1, 0.15) is 25.3 Å². The number of rotatable bonds is 5. The van der Waals surface area contributed by atoms with Gasteiger partial charge >= 0.3 is 0 Å². The molecular weight excluding hydrogens is 319 g/mol. The maximum atomic E-state index is 12.1. The van der Waals surface area contributed by atoms with Crippen molar-refractivity contribution in [1.82, 2.24) is 0 Å². The molecule has 0 saturated carbocycles. The number of hydrogen-bond acceptors (Lipinski definition) is 2. The van der Waals surface area contributed by atoms with Gasteiger partial charge in [-0.15, -0.1) is 0 Å². The Kier molecular flexibility index (Phi) is 5.69. The summed E-state index contributed by atoms with van der Waals surface area (Å²) in [7, 11) is 0. The number of para-hydroxylation sites is 1. The molecule has 2 N–H and O–H groups in total. The number of halogens is 2. The van der Waals surface area contributed by atoms with Crippen molar-refractivity contribution in [2.45, 2.75) is 19.8 Å². The van der Waals surface area contributed by atoms with Gasteiger partial charge in [-0.05, 0) is 35.7 Å². The molecule has 3 nitrogen and oxygen atoms in total. The van der Waals surface area contributed by atoms with Crippen molar-refractivity contribution < 1.29 is 4.79 Å². The van der Waals surface area contributed by atoms with E-state index in [-0.39, 0.29) is 12.5 Å². The van der Waals surface area contributed by atoms with Gasteiger partial charge in [0.15, 0.2) is 0 Å². The van der Waals surface area contributed by atoms with Gasteiger partial charge in [0.25, 0.3) is 0 Å². The number of carbonyl (C=O) groups is 1. The zero-order valence-electron chi connectivity index (χ0n) is 12.5. The molecule has 0 saturated heterocycles. The third kappa shape index (κ3) is 4.39. The molecule has 2 aromatic rings. The molecule has 0 heterocycles. The van der Waals surface area contributed by atoms with Crippen LogP contribution in [0.15, 0.2) is 42.5 Å². The van der Waals surface area contributed by atoms with E-state index in [0.717, 1.165) is 5.69 Å². The smallest absolute Gasteiger partial charge is 0.243 e. The summed E-state index contributed by atoms with van der Waals surface area (Å²) in [4.78, 5) is 12.1. The molecule has 0 unspecified atom stereocenters. The quantitative estimate of drug-likeness (QED) is 0.790. The molecule has 2 rings (SSSR count). The summed E-state index contributed by atoms with van der Waals surface area (Å²) in [5.74, 6) is 0.205. The number of hydrogen-bond donors (Lipinski definition) is 2. The number of benzene rings is 2.